The van der Waals surface area contributed by atoms with Gasteiger partial charge in [0.05, 0.1) is 11.1 Å². The van der Waals surface area contributed by atoms with Gasteiger partial charge in [0.25, 0.3) is 5.91 Å². The van der Waals surface area contributed by atoms with E-state index in [0.717, 1.165) is 11.1 Å². The topological polar surface area (TPSA) is 91.8 Å². The van der Waals surface area contributed by atoms with E-state index in [9.17, 15) is 14.4 Å². The maximum absolute atomic E-state index is 12.5. The number of hydrogen-bond acceptors (Lipinski definition) is 5. The Kier molecular flexibility index (Phi) is 6.51. The van der Waals surface area contributed by atoms with Gasteiger partial charge in [0, 0.05) is 37.3 Å². The van der Waals surface area contributed by atoms with Gasteiger partial charge in [0.1, 0.15) is 5.15 Å². The average molecular weight is 453 g/mol. The number of rotatable bonds is 4. The van der Waals surface area contributed by atoms with Crippen LogP contribution >= 0.6 is 11.6 Å². The Morgan fingerprint density at radius 3 is 2.41 bits per heavy atom. The number of carbonyl (C=O) groups excluding carboxylic acids is 3. The van der Waals surface area contributed by atoms with E-state index < -0.39 is 5.97 Å². The molecule has 32 heavy (non-hydrogen) atoms. The number of fused-ring (bicyclic) bond motifs is 1. The smallest absolute Gasteiger partial charge is 0.338 e. The number of aromatic nitrogens is 1. The van der Waals surface area contributed by atoms with Gasteiger partial charge in [-0.1, -0.05) is 29.8 Å². The van der Waals surface area contributed by atoms with Crippen LogP contribution in [0.3, 0.4) is 0 Å². The maximum atomic E-state index is 12.5. The van der Waals surface area contributed by atoms with Crippen molar-refractivity contribution < 1.29 is 19.1 Å². The highest BCUT2D eigenvalue weighted by molar-refractivity contribution is 6.29. The number of benzene rings is 2. The molecule has 3 amide bonds. The average Bonchev–Trinajstić information content (AvgIpc) is 2.82. The molecule has 0 spiro atoms. The summed E-state index contributed by atoms with van der Waals surface area (Å²) in [6, 6.07) is 17.3. The van der Waals surface area contributed by atoms with Gasteiger partial charge in [-0.15, -0.1) is 0 Å². The number of ether oxygens (including phenoxy) is 1. The molecule has 0 bridgehead atoms. The van der Waals surface area contributed by atoms with Gasteiger partial charge in [0.15, 0.2) is 6.61 Å². The molecule has 1 saturated heterocycles. The van der Waals surface area contributed by atoms with Crippen molar-refractivity contribution >= 4 is 46.1 Å². The van der Waals surface area contributed by atoms with Crippen LogP contribution in [0.15, 0.2) is 60.7 Å². The number of nitrogens with one attached hydrogen (secondary N) is 1. The Hall–Kier alpha value is -3.65. The summed E-state index contributed by atoms with van der Waals surface area (Å²) in [5.74, 6) is -0.883. The molecule has 1 aliphatic rings. The number of anilines is 1. The summed E-state index contributed by atoms with van der Waals surface area (Å²) in [6.07, 6.45) is 0. The van der Waals surface area contributed by atoms with Crippen molar-refractivity contribution in [1.82, 2.24) is 14.8 Å². The zero-order chi connectivity index (χ0) is 22.5. The second-order valence-electron chi connectivity index (χ2n) is 7.28. The van der Waals surface area contributed by atoms with E-state index in [-0.39, 0.29) is 18.5 Å². The van der Waals surface area contributed by atoms with Gasteiger partial charge in [-0.3, -0.25) is 4.79 Å². The van der Waals surface area contributed by atoms with Crippen LogP contribution in [0.4, 0.5) is 10.5 Å². The number of esters is 1. The van der Waals surface area contributed by atoms with Crippen molar-refractivity contribution in [3.8, 4) is 0 Å². The van der Waals surface area contributed by atoms with Gasteiger partial charge in [-0.2, -0.15) is 0 Å². The van der Waals surface area contributed by atoms with E-state index in [2.05, 4.69) is 10.3 Å². The Morgan fingerprint density at radius 2 is 1.66 bits per heavy atom. The number of amides is 3. The molecule has 1 aliphatic heterocycles. The summed E-state index contributed by atoms with van der Waals surface area (Å²) < 4.78 is 5.20. The quantitative estimate of drug-likeness (QED) is 0.483. The number of piperazine rings is 1. The highest BCUT2D eigenvalue weighted by Crippen LogP contribution is 2.18. The zero-order valence-electron chi connectivity index (χ0n) is 17.2. The van der Waals surface area contributed by atoms with E-state index in [1.807, 2.05) is 30.3 Å². The number of halogens is 1. The van der Waals surface area contributed by atoms with Crippen molar-refractivity contribution in [3.05, 3.63) is 71.4 Å². The lowest BCUT2D eigenvalue weighted by Crippen LogP contribution is -2.52. The molecule has 0 atom stereocenters. The van der Waals surface area contributed by atoms with Crippen LogP contribution in [-0.4, -0.2) is 65.5 Å². The van der Waals surface area contributed by atoms with Gasteiger partial charge in [-0.05, 0) is 42.5 Å². The second kappa shape index (κ2) is 9.65. The molecule has 3 aromatic rings. The van der Waals surface area contributed by atoms with Crippen LogP contribution in [-0.2, 0) is 9.53 Å². The highest BCUT2D eigenvalue weighted by atomic mass is 35.5. The van der Waals surface area contributed by atoms with Crippen LogP contribution in [0.5, 0.6) is 0 Å². The normalized spacial score (nSPS) is 13.7. The van der Waals surface area contributed by atoms with Crippen LogP contribution in [0.25, 0.3) is 10.9 Å². The minimum absolute atomic E-state index is 0.207. The third-order valence-electron chi connectivity index (χ3n) is 5.16. The van der Waals surface area contributed by atoms with Gasteiger partial charge < -0.3 is 19.9 Å². The highest BCUT2D eigenvalue weighted by Gasteiger charge is 2.25. The van der Waals surface area contributed by atoms with Gasteiger partial charge in [0.2, 0.25) is 0 Å². The molecular weight excluding hydrogens is 432 g/mol. The number of nitrogens with zero attached hydrogens (tertiary/aromatic N) is 3. The van der Waals surface area contributed by atoms with Gasteiger partial charge in [-0.25, -0.2) is 14.6 Å². The third kappa shape index (κ3) is 5.15. The molecule has 0 saturated carbocycles. The van der Waals surface area contributed by atoms with E-state index in [0.29, 0.717) is 42.4 Å². The first kappa shape index (κ1) is 21.6. The first-order valence-corrected chi connectivity index (χ1v) is 10.5. The Morgan fingerprint density at radius 1 is 0.938 bits per heavy atom. The molecule has 2 aromatic carbocycles. The monoisotopic (exact) mass is 452 g/mol. The molecular formula is C23H21ClN4O4. The summed E-state index contributed by atoms with van der Waals surface area (Å²) in [5, 5.41) is 3.95. The fourth-order valence-corrected chi connectivity index (χ4v) is 3.57. The summed E-state index contributed by atoms with van der Waals surface area (Å²) in [6.45, 7) is 1.20. The zero-order valence-corrected chi connectivity index (χ0v) is 17.9. The minimum Gasteiger partial charge on any atom is -0.452 e. The van der Waals surface area contributed by atoms with Crippen LogP contribution in [0, 0.1) is 0 Å². The van der Waals surface area contributed by atoms with E-state index in [1.54, 1.807) is 40.1 Å². The molecule has 0 radical (unpaired) electrons. The Balaban J connectivity index is 1.25. The fraction of sp³-hybridized carbons (Fsp3) is 0.217. The SMILES string of the molecule is O=C(OCC(=O)N1CCN(C(=O)Nc2ccccc2)CC1)c1ccc2nc(Cl)ccc2c1. The summed E-state index contributed by atoms with van der Waals surface area (Å²) in [5.41, 5.74) is 1.71. The molecule has 4 rings (SSSR count). The fourth-order valence-electron chi connectivity index (χ4n) is 3.41. The number of carbonyl (C=O) groups is 3. The number of hydrogen-bond donors (Lipinski definition) is 1. The molecule has 8 nitrogen and oxygen atoms in total. The predicted octanol–water partition coefficient (Wildman–Crippen LogP) is 3.42. The van der Waals surface area contributed by atoms with Crippen molar-refractivity contribution in [2.45, 2.75) is 0 Å². The summed E-state index contributed by atoms with van der Waals surface area (Å²) in [7, 11) is 0. The minimum atomic E-state index is -0.587. The third-order valence-corrected chi connectivity index (χ3v) is 5.37. The van der Waals surface area contributed by atoms with Crippen LogP contribution in [0.2, 0.25) is 5.15 Å². The predicted molar refractivity (Wildman–Crippen MR) is 121 cm³/mol. The maximum Gasteiger partial charge on any atom is 0.338 e. The molecule has 0 unspecified atom stereocenters. The number of para-hydroxylation sites is 1. The van der Waals surface area contributed by atoms with E-state index >= 15 is 0 Å². The van der Waals surface area contributed by atoms with Crippen molar-refractivity contribution in [2.24, 2.45) is 0 Å². The van der Waals surface area contributed by atoms with Crippen LogP contribution in [0.1, 0.15) is 10.4 Å². The number of urea groups is 1. The second-order valence-corrected chi connectivity index (χ2v) is 7.67. The first-order valence-electron chi connectivity index (χ1n) is 10.1. The molecule has 1 fully saturated rings. The number of pyridine rings is 1. The lowest BCUT2D eigenvalue weighted by Gasteiger charge is -2.34. The summed E-state index contributed by atoms with van der Waals surface area (Å²) >= 11 is 5.87. The molecule has 1 N–H and O–H groups in total. The van der Waals surface area contributed by atoms with E-state index in [4.69, 9.17) is 16.3 Å². The Labute approximate surface area is 189 Å². The Bertz CT molecular complexity index is 1150. The standard InChI is InChI=1S/C23H21ClN4O4/c24-20-9-7-16-14-17(6-8-19(16)26-20)22(30)32-15-21(29)27-10-12-28(13-11-27)23(31)25-18-4-2-1-3-5-18/h1-9,14H,10-13,15H2,(H,25,31). The molecule has 1 aromatic heterocycles. The van der Waals surface area contributed by atoms with Gasteiger partial charge >= 0.3 is 12.0 Å². The first-order chi connectivity index (χ1) is 15.5. The molecule has 164 valence electrons. The largest absolute Gasteiger partial charge is 0.452 e. The molecule has 9 heteroatoms. The van der Waals surface area contributed by atoms with Crippen molar-refractivity contribution in [2.75, 3.05) is 38.1 Å². The van der Waals surface area contributed by atoms with E-state index in [1.165, 1.54) is 0 Å². The summed E-state index contributed by atoms with van der Waals surface area (Å²) in [4.78, 5) is 44.6. The lowest BCUT2D eigenvalue weighted by atomic mass is 10.1. The molecule has 2 heterocycles. The molecule has 0 aliphatic carbocycles. The van der Waals surface area contributed by atoms with Crippen molar-refractivity contribution in [1.29, 1.82) is 0 Å². The van der Waals surface area contributed by atoms with Crippen LogP contribution < -0.4 is 5.32 Å². The lowest BCUT2D eigenvalue weighted by molar-refractivity contribution is -0.135. The van der Waals surface area contributed by atoms with Crippen molar-refractivity contribution in [3.63, 3.8) is 0 Å².